The predicted octanol–water partition coefficient (Wildman–Crippen LogP) is 2.11. The summed E-state index contributed by atoms with van der Waals surface area (Å²) in [5.74, 6) is 1.08. The van der Waals surface area contributed by atoms with E-state index >= 15 is 0 Å². The molecule has 128 valence electrons. The average molecular weight is 346 g/mol. The van der Waals surface area contributed by atoms with Gasteiger partial charge in [-0.1, -0.05) is 0 Å². The van der Waals surface area contributed by atoms with E-state index in [0.717, 1.165) is 24.2 Å². The summed E-state index contributed by atoms with van der Waals surface area (Å²) in [5, 5.41) is 0. The zero-order valence-electron chi connectivity index (χ0n) is 14.0. The molecule has 1 atom stereocenters. The molecular weight excluding hydrogens is 324 g/mol. The van der Waals surface area contributed by atoms with Crippen LogP contribution in [0.15, 0.2) is 47.8 Å². The lowest BCUT2D eigenvalue weighted by atomic mass is 9.92. The molecule has 0 spiro atoms. The molecule has 2 aromatic rings. The van der Waals surface area contributed by atoms with Crippen molar-refractivity contribution in [2.75, 3.05) is 32.1 Å². The molecular formula is C17H22N4O2S. The second-order valence-electron chi connectivity index (χ2n) is 6.23. The molecule has 6 nitrogen and oxygen atoms in total. The van der Waals surface area contributed by atoms with Gasteiger partial charge in [-0.2, -0.15) is 4.31 Å². The van der Waals surface area contributed by atoms with Gasteiger partial charge in [0.05, 0.1) is 0 Å². The van der Waals surface area contributed by atoms with Crippen molar-refractivity contribution < 1.29 is 8.42 Å². The average Bonchev–Trinajstić information content (AvgIpc) is 2.62. The van der Waals surface area contributed by atoms with Crippen LogP contribution in [-0.4, -0.2) is 49.9 Å². The number of hydrogen-bond acceptors (Lipinski definition) is 5. The van der Waals surface area contributed by atoms with E-state index in [1.165, 1.54) is 6.20 Å². The van der Waals surface area contributed by atoms with Crippen LogP contribution in [0.3, 0.4) is 0 Å². The molecule has 3 rings (SSSR count). The minimum Gasteiger partial charge on any atom is -0.363 e. The third-order valence-electron chi connectivity index (χ3n) is 4.36. The van der Waals surface area contributed by atoms with Gasteiger partial charge in [-0.3, -0.25) is 4.98 Å². The first-order valence-electron chi connectivity index (χ1n) is 8.02. The summed E-state index contributed by atoms with van der Waals surface area (Å²) < 4.78 is 27.2. The summed E-state index contributed by atoms with van der Waals surface area (Å²) in [6.45, 7) is 1.05. The van der Waals surface area contributed by atoms with Crippen molar-refractivity contribution in [3.05, 3.63) is 48.4 Å². The van der Waals surface area contributed by atoms with Gasteiger partial charge in [0.25, 0.3) is 0 Å². The minimum atomic E-state index is -3.48. The van der Waals surface area contributed by atoms with Crippen molar-refractivity contribution in [3.8, 4) is 0 Å². The number of pyridine rings is 2. The minimum absolute atomic E-state index is 0.187. The fourth-order valence-corrected chi connectivity index (χ4v) is 4.50. The van der Waals surface area contributed by atoms with E-state index in [9.17, 15) is 8.42 Å². The molecule has 0 bridgehead atoms. The fourth-order valence-electron chi connectivity index (χ4n) is 3.01. The topological polar surface area (TPSA) is 66.4 Å². The van der Waals surface area contributed by atoms with Gasteiger partial charge in [0.1, 0.15) is 10.7 Å². The second-order valence-corrected chi connectivity index (χ2v) is 8.17. The standard InChI is InChI=1S/C17H22N4O2S/c1-20(2)17-11-14(7-9-19-17)15-5-4-10-21(13-15)24(22,23)16-6-3-8-18-12-16/h3,6-9,11-12,15H,4-5,10,13H2,1-2H3/t15-/m0/s1. The van der Waals surface area contributed by atoms with Gasteiger partial charge in [-0.15, -0.1) is 0 Å². The lowest BCUT2D eigenvalue weighted by Crippen LogP contribution is -2.39. The van der Waals surface area contributed by atoms with Crippen LogP contribution in [0, 0.1) is 0 Å². The summed E-state index contributed by atoms with van der Waals surface area (Å²) in [6, 6.07) is 7.28. The van der Waals surface area contributed by atoms with Gasteiger partial charge >= 0.3 is 0 Å². The van der Waals surface area contributed by atoms with E-state index < -0.39 is 10.0 Å². The second kappa shape index (κ2) is 6.86. The molecule has 24 heavy (non-hydrogen) atoms. The number of aromatic nitrogens is 2. The molecule has 1 fully saturated rings. The van der Waals surface area contributed by atoms with Crippen molar-refractivity contribution >= 4 is 15.8 Å². The first-order valence-corrected chi connectivity index (χ1v) is 9.46. The van der Waals surface area contributed by atoms with Gasteiger partial charge in [-0.25, -0.2) is 13.4 Å². The van der Waals surface area contributed by atoms with Gasteiger partial charge < -0.3 is 4.90 Å². The summed E-state index contributed by atoms with van der Waals surface area (Å²) >= 11 is 0. The van der Waals surface area contributed by atoms with E-state index in [4.69, 9.17) is 0 Å². The van der Waals surface area contributed by atoms with Gasteiger partial charge in [0, 0.05) is 45.8 Å². The van der Waals surface area contributed by atoms with Crippen LogP contribution in [0.2, 0.25) is 0 Å². The first-order chi connectivity index (χ1) is 11.5. The highest BCUT2D eigenvalue weighted by Crippen LogP contribution is 2.31. The number of piperidine rings is 1. The fraction of sp³-hybridized carbons (Fsp3) is 0.412. The van der Waals surface area contributed by atoms with Crippen LogP contribution < -0.4 is 4.90 Å². The molecule has 0 N–H and O–H groups in total. The number of rotatable bonds is 4. The van der Waals surface area contributed by atoms with E-state index in [1.807, 2.05) is 31.1 Å². The molecule has 1 aliphatic rings. The van der Waals surface area contributed by atoms with E-state index in [1.54, 1.807) is 28.8 Å². The molecule has 1 aliphatic heterocycles. The molecule has 7 heteroatoms. The van der Waals surface area contributed by atoms with E-state index in [2.05, 4.69) is 9.97 Å². The zero-order valence-corrected chi connectivity index (χ0v) is 14.8. The number of nitrogens with zero attached hydrogens (tertiary/aromatic N) is 4. The van der Waals surface area contributed by atoms with Crippen LogP contribution in [0.4, 0.5) is 5.82 Å². The molecule has 0 radical (unpaired) electrons. The highest BCUT2D eigenvalue weighted by atomic mass is 32.2. The van der Waals surface area contributed by atoms with Crippen molar-refractivity contribution in [3.63, 3.8) is 0 Å². The monoisotopic (exact) mass is 346 g/mol. The zero-order chi connectivity index (χ0) is 17.2. The van der Waals surface area contributed by atoms with Crippen molar-refractivity contribution in [1.29, 1.82) is 0 Å². The molecule has 0 aliphatic carbocycles. The SMILES string of the molecule is CN(C)c1cc([C@H]2CCCN(S(=O)(=O)c3cccnc3)C2)ccn1. The molecule has 0 saturated carbocycles. The Morgan fingerprint density at radius 1 is 1.25 bits per heavy atom. The maximum absolute atomic E-state index is 12.8. The highest BCUT2D eigenvalue weighted by molar-refractivity contribution is 7.89. The predicted molar refractivity (Wildman–Crippen MR) is 93.5 cm³/mol. The van der Waals surface area contributed by atoms with Gasteiger partial charge in [0.15, 0.2) is 0 Å². The molecule has 1 saturated heterocycles. The lowest BCUT2D eigenvalue weighted by molar-refractivity contribution is 0.315. The molecule has 2 aromatic heterocycles. The van der Waals surface area contributed by atoms with E-state index in [0.29, 0.717) is 13.1 Å². The quantitative estimate of drug-likeness (QED) is 0.848. The van der Waals surface area contributed by atoms with Crippen LogP contribution in [-0.2, 0) is 10.0 Å². The van der Waals surface area contributed by atoms with Crippen LogP contribution >= 0.6 is 0 Å². The first kappa shape index (κ1) is 16.9. The van der Waals surface area contributed by atoms with Gasteiger partial charge in [-0.05, 0) is 48.6 Å². The smallest absolute Gasteiger partial charge is 0.244 e. The largest absolute Gasteiger partial charge is 0.363 e. The summed E-state index contributed by atoms with van der Waals surface area (Å²) in [5.41, 5.74) is 1.14. The van der Waals surface area contributed by atoms with Crippen molar-refractivity contribution in [2.24, 2.45) is 0 Å². The summed E-state index contributed by atoms with van der Waals surface area (Å²) in [7, 11) is 0.416. The Hall–Kier alpha value is -1.99. The summed E-state index contributed by atoms with van der Waals surface area (Å²) in [4.78, 5) is 10.5. The summed E-state index contributed by atoms with van der Waals surface area (Å²) in [6.07, 6.45) is 6.62. The van der Waals surface area contributed by atoms with Crippen molar-refractivity contribution in [1.82, 2.24) is 14.3 Å². The Morgan fingerprint density at radius 3 is 2.79 bits per heavy atom. The van der Waals surface area contributed by atoms with Crippen LogP contribution in [0.25, 0.3) is 0 Å². The van der Waals surface area contributed by atoms with Crippen LogP contribution in [0.1, 0.15) is 24.3 Å². The Kier molecular flexibility index (Phi) is 4.82. The Balaban J connectivity index is 1.83. The Bertz CT molecular complexity index is 793. The Morgan fingerprint density at radius 2 is 2.08 bits per heavy atom. The molecule has 0 aromatic carbocycles. The Labute approximate surface area is 143 Å². The van der Waals surface area contributed by atoms with E-state index in [-0.39, 0.29) is 10.8 Å². The number of sulfonamides is 1. The molecule has 3 heterocycles. The molecule has 0 amide bonds. The van der Waals surface area contributed by atoms with Gasteiger partial charge in [0.2, 0.25) is 10.0 Å². The number of anilines is 1. The maximum atomic E-state index is 12.8. The third kappa shape index (κ3) is 3.42. The highest BCUT2D eigenvalue weighted by Gasteiger charge is 2.31. The van der Waals surface area contributed by atoms with Crippen LogP contribution in [0.5, 0.6) is 0 Å². The maximum Gasteiger partial charge on any atom is 0.244 e. The molecule has 0 unspecified atom stereocenters. The lowest BCUT2D eigenvalue weighted by Gasteiger charge is -2.32. The normalized spacial score (nSPS) is 19.2. The third-order valence-corrected chi connectivity index (χ3v) is 6.20. The van der Waals surface area contributed by atoms with Crippen molar-refractivity contribution in [2.45, 2.75) is 23.7 Å². The number of hydrogen-bond donors (Lipinski definition) is 0.